The molecule has 0 bridgehead atoms. The topological polar surface area (TPSA) is 33.1 Å². The molecular formula is C13H15NOS. The molecule has 0 saturated heterocycles. The molecule has 1 heterocycles. The normalized spacial score (nSPS) is 12.9. The van der Waals surface area contributed by atoms with Gasteiger partial charge in [-0.3, -0.25) is 4.98 Å². The lowest BCUT2D eigenvalue weighted by molar-refractivity contribution is 0.204. The molecule has 0 spiro atoms. The zero-order valence-corrected chi connectivity index (χ0v) is 10.1. The zero-order valence-electron chi connectivity index (χ0n) is 9.26. The molecule has 0 aliphatic rings. The van der Waals surface area contributed by atoms with Crippen molar-refractivity contribution in [1.82, 2.24) is 4.98 Å². The maximum atomic E-state index is 9.97. The number of thioether (sulfide) groups is 1. The molecule has 2 rings (SSSR count). The third-order valence-corrected chi connectivity index (χ3v) is 3.45. The van der Waals surface area contributed by atoms with E-state index in [2.05, 4.69) is 11.9 Å². The Morgan fingerprint density at radius 2 is 2.25 bits per heavy atom. The number of aliphatic hydroxyl groups excluding tert-OH is 1. The number of benzene rings is 1. The van der Waals surface area contributed by atoms with Crippen molar-refractivity contribution in [1.29, 1.82) is 0 Å². The molecule has 0 aliphatic heterocycles. The van der Waals surface area contributed by atoms with Crippen LogP contribution in [-0.4, -0.2) is 21.6 Å². The Kier molecular flexibility index (Phi) is 3.80. The Hall–Kier alpha value is -1.06. The van der Waals surface area contributed by atoms with Crippen LogP contribution in [0.2, 0.25) is 0 Å². The third kappa shape index (κ3) is 2.54. The summed E-state index contributed by atoms with van der Waals surface area (Å²) in [6.07, 6.45) is 1.40. The van der Waals surface area contributed by atoms with Gasteiger partial charge < -0.3 is 5.11 Å². The van der Waals surface area contributed by atoms with Crippen molar-refractivity contribution in [3.63, 3.8) is 0 Å². The summed E-state index contributed by atoms with van der Waals surface area (Å²) in [4.78, 5) is 4.26. The molecule has 1 atom stereocenters. The van der Waals surface area contributed by atoms with Gasteiger partial charge in [0.25, 0.3) is 0 Å². The summed E-state index contributed by atoms with van der Waals surface area (Å²) in [5.74, 6) is 1.79. The first-order chi connectivity index (χ1) is 7.81. The largest absolute Gasteiger partial charge is 0.388 e. The molecule has 0 aliphatic carbocycles. The molecule has 0 saturated carbocycles. The zero-order chi connectivity index (χ0) is 11.4. The number of fused-ring (bicyclic) bond motifs is 1. The maximum absolute atomic E-state index is 9.97. The molecule has 0 fully saturated rings. The first-order valence-corrected chi connectivity index (χ1v) is 6.57. The Balaban J connectivity index is 2.25. The second kappa shape index (κ2) is 5.32. The summed E-state index contributed by atoms with van der Waals surface area (Å²) < 4.78 is 0. The van der Waals surface area contributed by atoms with Crippen molar-refractivity contribution >= 4 is 22.7 Å². The number of aromatic nitrogens is 1. The molecule has 16 heavy (non-hydrogen) atoms. The molecule has 0 radical (unpaired) electrons. The van der Waals surface area contributed by atoms with E-state index in [9.17, 15) is 5.11 Å². The highest BCUT2D eigenvalue weighted by Crippen LogP contribution is 2.21. The lowest BCUT2D eigenvalue weighted by Crippen LogP contribution is -2.00. The van der Waals surface area contributed by atoms with Gasteiger partial charge in [-0.15, -0.1) is 0 Å². The number of hydrogen-bond donors (Lipinski definition) is 1. The fraction of sp³-hybridized carbons (Fsp3) is 0.308. The van der Waals surface area contributed by atoms with Gasteiger partial charge in [-0.2, -0.15) is 11.8 Å². The summed E-state index contributed by atoms with van der Waals surface area (Å²) in [6, 6.07) is 9.87. The van der Waals surface area contributed by atoms with Crippen molar-refractivity contribution in [3.8, 4) is 0 Å². The highest BCUT2D eigenvalue weighted by molar-refractivity contribution is 7.99. The predicted molar refractivity (Wildman–Crippen MR) is 69.7 cm³/mol. The number of pyridine rings is 1. The standard InChI is InChI=1S/C13H15NOS/c1-2-16-9-13(15)11-5-6-12-10(8-11)4-3-7-14-12/h3-8,13,15H,2,9H2,1H3. The molecular weight excluding hydrogens is 218 g/mol. The van der Waals surface area contributed by atoms with E-state index in [-0.39, 0.29) is 6.10 Å². The minimum absolute atomic E-state index is 0.380. The van der Waals surface area contributed by atoms with Crippen molar-refractivity contribution in [2.75, 3.05) is 11.5 Å². The fourth-order valence-electron chi connectivity index (χ4n) is 1.63. The van der Waals surface area contributed by atoms with Gasteiger partial charge in [0.05, 0.1) is 11.6 Å². The lowest BCUT2D eigenvalue weighted by atomic mass is 10.1. The average Bonchev–Trinajstić information content (AvgIpc) is 2.35. The molecule has 3 heteroatoms. The molecule has 1 N–H and O–H groups in total. The van der Waals surface area contributed by atoms with Crippen molar-refractivity contribution in [2.45, 2.75) is 13.0 Å². The van der Waals surface area contributed by atoms with Gasteiger partial charge >= 0.3 is 0 Å². The van der Waals surface area contributed by atoms with E-state index in [0.29, 0.717) is 0 Å². The van der Waals surface area contributed by atoms with Crippen LogP contribution in [0.3, 0.4) is 0 Å². The molecule has 1 aromatic heterocycles. The molecule has 1 unspecified atom stereocenters. The van der Waals surface area contributed by atoms with Crippen LogP contribution in [0.25, 0.3) is 10.9 Å². The van der Waals surface area contributed by atoms with Crippen LogP contribution in [0.5, 0.6) is 0 Å². The van der Waals surface area contributed by atoms with Gasteiger partial charge in [0.15, 0.2) is 0 Å². The number of aliphatic hydroxyl groups is 1. The van der Waals surface area contributed by atoms with Gasteiger partial charge in [-0.25, -0.2) is 0 Å². The predicted octanol–water partition coefficient (Wildman–Crippen LogP) is 3.02. The minimum Gasteiger partial charge on any atom is -0.388 e. The van der Waals surface area contributed by atoms with Crippen LogP contribution in [0.4, 0.5) is 0 Å². The van der Waals surface area contributed by atoms with E-state index < -0.39 is 0 Å². The van der Waals surface area contributed by atoms with Gasteiger partial charge in [-0.05, 0) is 29.5 Å². The first kappa shape index (κ1) is 11.4. The summed E-state index contributed by atoms with van der Waals surface area (Å²) in [5, 5.41) is 11.1. The SMILES string of the molecule is CCSCC(O)c1ccc2ncccc2c1. The van der Waals surface area contributed by atoms with Gasteiger partial charge in [0.2, 0.25) is 0 Å². The second-order valence-electron chi connectivity index (χ2n) is 3.63. The number of hydrogen-bond acceptors (Lipinski definition) is 3. The average molecular weight is 233 g/mol. The smallest absolute Gasteiger partial charge is 0.0880 e. The van der Waals surface area contributed by atoms with Crippen molar-refractivity contribution in [2.24, 2.45) is 0 Å². The summed E-state index contributed by atoms with van der Waals surface area (Å²) in [5.41, 5.74) is 1.95. The van der Waals surface area contributed by atoms with E-state index in [1.54, 1.807) is 18.0 Å². The van der Waals surface area contributed by atoms with E-state index >= 15 is 0 Å². The van der Waals surface area contributed by atoms with Crippen LogP contribution in [0, 0.1) is 0 Å². The van der Waals surface area contributed by atoms with Crippen LogP contribution in [0.1, 0.15) is 18.6 Å². The lowest BCUT2D eigenvalue weighted by Gasteiger charge is -2.10. The molecule has 84 valence electrons. The van der Waals surface area contributed by atoms with E-state index in [1.807, 2.05) is 30.3 Å². The highest BCUT2D eigenvalue weighted by Gasteiger charge is 2.07. The van der Waals surface area contributed by atoms with Crippen molar-refractivity contribution in [3.05, 3.63) is 42.1 Å². The summed E-state index contributed by atoms with van der Waals surface area (Å²) in [7, 11) is 0. The van der Waals surface area contributed by atoms with E-state index in [4.69, 9.17) is 0 Å². The first-order valence-electron chi connectivity index (χ1n) is 5.41. The third-order valence-electron chi connectivity index (χ3n) is 2.49. The Labute approximate surface area is 99.7 Å². The molecule has 0 amide bonds. The van der Waals surface area contributed by atoms with Crippen LogP contribution < -0.4 is 0 Å². The quantitative estimate of drug-likeness (QED) is 0.881. The number of rotatable bonds is 4. The van der Waals surface area contributed by atoms with Gasteiger partial charge in [-0.1, -0.05) is 19.1 Å². The van der Waals surface area contributed by atoms with Gasteiger partial charge in [0.1, 0.15) is 0 Å². The van der Waals surface area contributed by atoms with E-state index in [1.165, 1.54) is 0 Å². The monoisotopic (exact) mass is 233 g/mol. The second-order valence-corrected chi connectivity index (χ2v) is 4.95. The fourth-order valence-corrected chi connectivity index (χ4v) is 2.28. The van der Waals surface area contributed by atoms with Crippen LogP contribution >= 0.6 is 11.8 Å². The molecule has 1 aromatic carbocycles. The van der Waals surface area contributed by atoms with Gasteiger partial charge in [0, 0.05) is 17.3 Å². The van der Waals surface area contributed by atoms with Crippen LogP contribution in [0.15, 0.2) is 36.5 Å². The number of nitrogens with zero attached hydrogens (tertiary/aromatic N) is 1. The Morgan fingerprint density at radius 1 is 1.38 bits per heavy atom. The highest BCUT2D eigenvalue weighted by atomic mass is 32.2. The summed E-state index contributed by atoms with van der Waals surface area (Å²) in [6.45, 7) is 2.10. The Bertz CT molecular complexity index is 472. The van der Waals surface area contributed by atoms with E-state index in [0.717, 1.165) is 28.0 Å². The van der Waals surface area contributed by atoms with Crippen molar-refractivity contribution < 1.29 is 5.11 Å². The molecule has 2 nitrogen and oxygen atoms in total. The van der Waals surface area contributed by atoms with Crippen LogP contribution in [-0.2, 0) is 0 Å². The molecule has 2 aromatic rings. The summed E-state index contributed by atoms with van der Waals surface area (Å²) >= 11 is 1.75. The Morgan fingerprint density at radius 3 is 3.06 bits per heavy atom. The minimum atomic E-state index is -0.380. The maximum Gasteiger partial charge on any atom is 0.0880 e.